The molecule has 4 rings (SSSR count). The zero-order valence-electron chi connectivity index (χ0n) is 25.0. The van der Waals surface area contributed by atoms with Crippen molar-refractivity contribution in [3.63, 3.8) is 0 Å². The van der Waals surface area contributed by atoms with Gasteiger partial charge in [0.25, 0.3) is 5.69 Å². The third-order valence-corrected chi connectivity index (χ3v) is 7.23. The topological polar surface area (TPSA) is 127 Å². The van der Waals surface area contributed by atoms with Crippen molar-refractivity contribution in [3.05, 3.63) is 106 Å². The number of nitrogens with one attached hydrogen (secondary N) is 1. The van der Waals surface area contributed by atoms with Crippen LogP contribution in [0.5, 0.6) is 11.5 Å². The minimum absolute atomic E-state index is 0.0389. The molecule has 0 fully saturated rings. The number of rotatable bonds is 15. The highest BCUT2D eigenvalue weighted by atomic mass is 16.6. The minimum atomic E-state index is -0.483. The molecule has 0 atom stereocenters. The normalized spacial score (nSPS) is 11.1. The molecule has 0 bridgehead atoms. The molecule has 44 heavy (non-hydrogen) atoms. The zero-order valence-corrected chi connectivity index (χ0v) is 25.0. The summed E-state index contributed by atoms with van der Waals surface area (Å²) in [5.41, 5.74) is 3.54. The zero-order chi connectivity index (χ0) is 31.5. The number of nitrogens with zero attached hydrogens (tertiary/aromatic N) is 3. The first-order chi connectivity index (χ1) is 21.3. The molecule has 11 heteroatoms. The van der Waals surface area contributed by atoms with Crippen molar-refractivity contribution in [1.29, 1.82) is 0 Å². The van der Waals surface area contributed by atoms with Crippen molar-refractivity contribution in [3.8, 4) is 11.5 Å². The average molecular weight is 601 g/mol. The summed E-state index contributed by atoms with van der Waals surface area (Å²) < 4.78 is 16.0. The lowest BCUT2D eigenvalue weighted by Crippen LogP contribution is -2.44. The summed E-state index contributed by atoms with van der Waals surface area (Å²) in [6, 6.07) is 19.4. The summed E-state index contributed by atoms with van der Waals surface area (Å²) in [4.78, 5) is 44.0. The summed E-state index contributed by atoms with van der Waals surface area (Å²) in [5.74, 6) is 0.538. The molecular weight excluding hydrogens is 564 g/mol. The molecule has 0 aliphatic carbocycles. The molecule has 0 aliphatic heterocycles. The van der Waals surface area contributed by atoms with Crippen LogP contribution in [0.4, 0.5) is 5.69 Å². The Bertz CT molecular complexity index is 1610. The van der Waals surface area contributed by atoms with Crippen molar-refractivity contribution in [2.24, 2.45) is 0 Å². The summed E-state index contributed by atoms with van der Waals surface area (Å²) >= 11 is 0. The van der Waals surface area contributed by atoms with E-state index in [0.717, 1.165) is 22.0 Å². The van der Waals surface area contributed by atoms with E-state index in [0.29, 0.717) is 36.6 Å². The van der Waals surface area contributed by atoms with Crippen molar-refractivity contribution < 1.29 is 28.7 Å². The van der Waals surface area contributed by atoms with Gasteiger partial charge in [-0.1, -0.05) is 24.3 Å². The van der Waals surface area contributed by atoms with Crippen LogP contribution in [-0.2, 0) is 27.3 Å². The molecule has 0 saturated heterocycles. The second-order valence-electron chi connectivity index (χ2n) is 10.0. The number of hydrogen-bond acceptors (Lipinski definition) is 7. The number of benzene rings is 3. The maximum Gasteiger partial charge on any atom is 0.269 e. The van der Waals surface area contributed by atoms with Gasteiger partial charge in [-0.05, 0) is 59.5 Å². The van der Waals surface area contributed by atoms with Gasteiger partial charge >= 0.3 is 0 Å². The Morgan fingerprint density at radius 2 is 1.68 bits per heavy atom. The summed E-state index contributed by atoms with van der Waals surface area (Å²) in [7, 11) is 4.66. The number of carbonyl (C=O) groups is 2. The molecule has 1 heterocycles. The van der Waals surface area contributed by atoms with Gasteiger partial charge in [-0.25, -0.2) is 0 Å². The third-order valence-electron chi connectivity index (χ3n) is 7.23. The van der Waals surface area contributed by atoms with Crippen LogP contribution < -0.4 is 9.47 Å². The molecule has 1 aromatic heterocycles. The number of aromatic amines is 1. The number of para-hydroxylation sites is 1. The SMILES string of the molecule is COCCN(CC(=O)N(CCc1c[nH]c2ccccc12)Cc1ccc(OC)c(OC)c1)C(=O)/C=C/c1ccc([N+](=O)[O-])cc1. The van der Waals surface area contributed by atoms with Crippen LogP contribution in [0.3, 0.4) is 0 Å². The van der Waals surface area contributed by atoms with Crippen molar-refractivity contribution in [2.75, 3.05) is 47.6 Å². The monoisotopic (exact) mass is 600 g/mol. The van der Waals surface area contributed by atoms with Gasteiger partial charge in [0.15, 0.2) is 11.5 Å². The first-order valence-electron chi connectivity index (χ1n) is 14.1. The molecule has 2 amide bonds. The Hall–Kier alpha value is -5.16. The summed E-state index contributed by atoms with van der Waals surface area (Å²) in [6.07, 6.45) is 5.49. The highest BCUT2D eigenvalue weighted by molar-refractivity contribution is 5.94. The summed E-state index contributed by atoms with van der Waals surface area (Å²) in [6.45, 7) is 1.01. The molecule has 0 spiro atoms. The molecule has 11 nitrogen and oxygen atoms in total. The van der Waals surface area contributed by atoms with E-state index in [1.807, 2.05) is 42.6 Å². The minimum Gasteiger partial charge on any atom is -0.493 e. The number of fused-ring (bicyclic) bond motifs is 1. The third kappa shape index (κ3) is 8.23. The predicted molar refractivity (Wildman–Crippen MR) is 168 cm³/mol. The summed E-state index contributed by atoms with van der Waals surface area (Å²) in [5, 5.41) is 12.0. The molecule has 0 saturated carbocycles. The van der Waals surface area contributed by atoms with Crippen LogP contribution in [0.15, 0.2) is 79.0 Å². The van der Waals surface area contributed by atoms with Gasteiger partial charge in [-0.2, -0.15) is 0 Å². The number of carbonyl (C=O) groups excluding carboxylic acids is 2. The second-order valence-corrected chi connectivity index (χ2v) is 10.0. The van der Waals surface area contributed by atoms with E-state index in [1.54, 1.807) is 43.4 Å². The molecule has 0 radical (unpaired) electrons. The molecule has 3 aromatic carbocycles. The number of hydrogen-bond donors (Lipinski definition) is 1. The number of nitro benzene ring substituents is 1. The van der Waals surface area contributed by atoms with Crippen molar-refractivity contribution in [1.82, 2.24) is 14.8 Å². The molecule has 230 valence electrons. The average Bonchev–Trinajstić information content (AvgIpc) is 3.46. The number of non-ortho nitro benzene ring substituents is 1. The van der Waals surface area contributed by atoms with Crippen LogP contribution >= 0.6 is 0 Å². The van der Waals surface area contributed by atoms with Gasteiger partial charge < -0.3 is 29.0 Å². The van der Waals surface area contributed by atoms with E-state index in [9.17, 15) is 19.7 Å². The fourth-order valence-corrected chi connectivity index (χ4v) is 4.80. The Kier molecular flexibility index (Phi) is 11.1. The van der Waals surface area contributed by atoms with Gasteiger partial charge in [0.05, 0.1) is 25.7 Å². The molecule has 0 unspecified atom stereocenters. The van der Waals surface area contributed by atoms with Gasteiger partial charge in [0.1, 0.15) is 6.54 Å². The number of amides is 2. The Labute approximate surface area is 255 Å². The van der Waals surface area contributed by atoms with Crippen LogP contribution in [0.1, 0.15) is 16.7 Å². The highest BCUT2D eigenvalue weighted by Gasteiger charge is 2.21. The number of aromatic nitrogens is 1. The Morgan fingerprint density at radius 3 is 2.39 bits per heavy atom. The van der Waals surface area contributed by atoms with E-state index in [1.165, 1.54) is 30.2 Å². The number of H-pyrrole nitrogens is 1. The van der Waals surface area contributed by atoms with Crippen molar-refractivity contribution >= 4 is 34.5 Å². The Morgan fingerprint density at radius 1 is 0.932 bits per heavy atom. The molecular formula is C33H36N4O7. The highest BCUT2D eigenvalue weighted by Crippen LogP contribution is 2.28. The number of methoxy groups -OCH3 is 3. The first-order valence-corrected chi connectivity index (χ1v) is 14.1. The van der Waals surface area contributed by atoms with E-state index in [-0.39, 0.29) is 37.2 Å². The number of ether oxygens (including phenoxy) is 3. The van der Waals surface area contributed by atoms with Gasteiger partial charge in [0.2, 0.25) is 11.8 Å². The van der Waals surface area contributed by atoms with E-state index in [2.05, 4.69) is 4.98 Å². The van der Waals surface area contributed by atoms with Gasteiger partial charge in [-0.15, -0.1) is 0 Å². The quantitative estimate of drug-likeness (QED) is 0.117. The lowest BCUT2D eigenvalue weighted by molar-refractivity contribution is -0.384. The van der Waals surface area contributed by atoms with E-state index >= 15 is 0 Å². The lowest BCUT2D eigenvalue weighted by Gasteiger charge is -2.27. The number of nitro groups is 1. The first kappa shape index (κ1) is 31.8. The standard InChI is InChI=1S/C33H36N4O7/c1-42-19-18-36(32(38)15-11-24-8-12-27(13-9-24)37(40)41)23-33(39)35(22-25-10-14-30(43-2)31(20-25)44-3)17-16-26-21-34-29-7-5-4-6-28(26)29/h4-15,20-21,34H,16-19,22-23H2,1-3H3/b15-11+. The van der Waals surface area contributed by atoms with Crippen LogP contribution in [-0.4, -0.2) is 79.1 Å². The Balaban J connectivity index is 1.54. The van der Waals surface area contributed by atoms with Gasteiger partial charge in [0, 0.05) is 62.1 Å². The van der Waals surface area contributed by atoms with Crippen LogP contribution in [0, 0.1) is 10.1 Å². The largest absolute Gasteiger partial charge is 0.493 e. The molecule has 4 aromatic rings. The lowest BCUT2D eigenvalue weighted by atomic mass is 10.1. The van der Waals surface area contributed by atoms with Crippen LogP contribution in [0.25, 0.3) is 17.0 Å². The fraction of sp³-hybridized carbons (Fsp3) is 0.273. The maximum absolute atomic E-state index is 13.8. The molecule has 1 N–H and O–H groups in total. The predicted octanol–water partition coefficient (Wildman–Crippen LogP) is 4.85. The molecule has 0 aliphatic rings. The smallest absolute Gasteiger partial charge is 0.269 e. The van der Waals surface area contributed by atoms with E-state index < -0.39 is 4.92 Å². The van der Waals surface area contributed by atoms with E-state index in [4.69, 9.17) is 14.2 Å². The van der Waals surface area contributed by atoms with Gasteiger partial charge in [-0.3, -0.25) is 19.7 Å². The second kappa shape index (κ2) is 15.4. The van der Waals surface area contributed by atoms with Crippen LogP contribution in [0.2, 0.25) is 0 Å². The van der Waals surface area contributed by atoms with Crippen molar-refractivity contribution in [2.45, 2.75) is 13.0 Å². The fourth-order valence-electron chi connectivity index (χ4n) is 4.80. The maximum atomic E-state index is 13.8.